The van der Waals surface area contributed by atoms with Gasteiger partial charge in [0.05, 0.1) is 5.54 Å². The first-order valence-electron chi connectivity index (χ1n) is 10.5. The Balaban J connectivity index is 1.38. The predicted octanol–water partition coefficient (Wildman–Crippen LogP) is -0.671. The molecule has 0 bridgehead atoms. The van der Waals surface area contributed by atoms with Gasteiger partial charge in [0.1, 0.15) is 6.04 Å². The van der Waals surface area contributed by atoms with Gasteiger partial charge >= 0.3 is 0 Å². The molecule has 1 atom stereocenters. The molecule has 1 unspecified atom stereocenters. The van der Waals surface area contributed by atoms with Gasteiger partial charge in [-0.2, -0.15) is 5.21 Å². The van der Waals surface area contributed by atoms with E-state index in [0.717, 1.165) is 37.1 Å². The molecule has 1 aromatic carbocycles. The number of rotatable bonds is 5. The minimum absolute atomic E-state index is 0.166. The summed E-state index contributed by atoms with van der Waals surface area (Å²) in [4.78, 5) is 38.7. The summed E-state index contributed by atoms with van der Waals surface area (Å²) >= 11 is 0. The predicted molar refractivity (Wildman–Crippen MR) is 107 cm³/mol. The van der Waals surface area contributed by atoms with Gasteiger partial charge in [-0.3, -0.25) is 19.7 Å². The van der Waals surface area contributed by atoms with Crippen molar-refractivity contribution in [2.75, 3.05) is 13.1 Å². The number of H-pyrrole nitrogens is 1. The van der Waals surface area contributed by atoms with Gasteiger partial charge in [0.15, 0.2) is 5.82 Å². The first kappa shape index (κ1) is 19.8. The molecule has 5 rings (SSSR count). The van der Waals surface area contributed by atoms with E-state index in [0.29, 0.717) is 30.9 Å². The number of amides is 3. The van der Waals surface area contributed by atoms with Gasteiger partial charge in [-0.1, -0.05) is 23.4 Å². The summed E-state index contributed by atoms with van der Waals surface area (Å²) in [5.74, 6) is -0.231. The van der Waals surface area contributed by atoms with Crippen molar-refractivity contribution in [3.8, 4) is 0 Å². The Bertz CT molecular complexity index is 1020. The number of hydrogen-bond acceptors (Lipinski definition) is 8. The van der Waals surface area contributed by atoms with Gasteiger partial charge in [-0.25, -0.2) is 0 Å². The fourth-order valence-electron chi connectivity index (χ4n) is 4.80. The summed E-state index contributed by atoms with van der Waals surface area (Å²) in [7, 11) is 0. The Hall–Kier alpha value is -3.18. The normalized spacial score (nSPS) is 23.0. The minimum Gasteiger partial charge on any atom is -0.322 e. The summed E-state index contributed by atoms with van der Waals surface area (Å²) in [5, 5.41) is 24.0. The molecule has 0 saturated carbocycles. The van der Waals surface area contributed by atoms with E-state index in [2.05, 4.69) is 36.6 Å². The maximum absolute atomic E-state index is 13.3. The molecule has 2 aromatic rings. The van der Waals surface area contributed by atoms with Crippen molar-refractivity contribution in [3.05, 3.63) is 40.7 Å². The minimum atomic E-state index is -0.617. The number of carbonyl (C=O) groups excluding carboxylic acids is 3. The second-order valence-electron chi connectivity index (χ2n) is 8.27. The number of benzene rings is 1. The molecule has 11 heteroatoms. The second-order valence-corrected chi connectivity index (χ2v) is 8.27. The third-order valence-electron chi connectivity index (χ3n) is 6.49. The number of carbonyl (C=O) groups is 3. The molecule has 3 aliphatic rings. The molecule has 3 aliphatic heterocycles. The molecule has 11 nitrogen and oxygen atoms in total. The third-order valence-corrected chi connectivity index (χ3v) is 6.49. The molecule has 0 aliphatic carbocycles. The van der Waals surface area contributed by atoms with Crippen LogP contribution in [0.4, 0.5) is 0 Å². The molecule has 3 amide bonds. The molecule has 1 aromatic heterocycles. The lowest BCUT2D eigenvalue weighted by atomic mass is 9.87. The van der Waals surface area contributed by atoms with Crippen LogP contribution in [-0.4, -0.2) is 62.4 Å². The SMILES string of the molecule is O=C1CCC(N2Cc3cccc(CNC4(c5nn[nH]n5)CCNCC4)c3C2=O)C(=O)N1. The number of nitrogens with zero attached hydrogens (tertiary/aromatic N) is 4. The Morgan fingerprint density at radius 1 is 1.19 bits per heavy atom. The highest BCUT2D eigenvalue weighted by Crippen LogP contribution is 2.32. The molecule has 162 valence electrons. The van der Waals surface area contributed by atoms with Crippen LogP contribution in [0, 0.1) is 0 Å². The zero-order valence-corrected chi connectivity index (χ0v) is 17.0. The largest absolute Gasteiger partial charge is 0.322 e. The van der Waals surface area contributed by atoms with E-state index in [-0.39, 0.29) is 18.2 Å². The van der Waals surface area contributed by atoms with E-state index >= 15 is 0 Å². The van der Waals surface area contributed by atoms with Crippen LogP contribution in [0.3, 0.4) is 0 Å². The lowest BCUT2D eigenvalue weighted by Gasteiger charge is -2.36. The van der Waals surface area contributed by atoms with Crippen LogP contribution >= 0.6 is 0 Å². The zero-order chi connectivity index (χ0) is 21.4. The molecule has 2 fully saturated rings. The molecule has 4 heterocycles. The lowest BCUT2D eigenvalue weighted by molar-refractivity contribution is -0.136. The van der Waals surface area contributed by atoms with Gasteiger partial charge in [0.25, 0.3) is 5.91 Å². The van der Waals surface area contributed by atoms with Crippen molar-refractivity contribution in [1.82, 2.24) is 41.5 Å². The first-order valence-corrected chi connectivity index (χ1v) is 10.5. The van der Waals surface area contributed by atoms with Crippen LogP contribution in [0.15, 0.2) is 18.2 Å². The van der Waals surface area contributed by atoms with E-state index in [9.17, 15) is 14.4 Å². The van der Waals surface area contributed by atoms with E-state index in [1.165, 1.54) is 0 Å². The van der Waals surface area contributed by atoms with Crippen molar-refractivity contribution < 1.29 is 14.4 Å². The third kappa shape index (κ3) is 3.49. The van der Waals surface area contributed by atoms with Crippen molar-refractivity contribution >= 4 is 17.7 Å². The van der Waals surface area contributed by atoms with Crippen LogP contribution in [0.2, 0.25) is 0 Å². The number of hydrogen-bond donors (Lipinski definition) is 4. The van der Waals surface area contributed by atoms with Crippen LogP contribution in [0.25, 0.3) is 0 Å². The summed E-state index contributed by atoms with van der Waals surface area (Å²) in [6, 6.07) is 5.17. The smallest absolute Gasteiger partial charge is 0.255 e. The van der Waals surface area contributed by atoms with Crippen molar-refractivity contribution in [1.29, 1.82) is 0 Å². The van der Waals surface area contributed by atoms with Gasteiger partial charge in [0.2, 0.25) is 11.8 Å². The Kier molecular flexibility index (Phi) is 4.98. The number of aromatic amines is 1. The van der Waals surface area contributed by atoms with Crippen LogP contribution in [-0.2, 0) is 28.2 Å². The first-order chi connectivity index (χ1) is 15.1. The van der Waals surface area contributed by atoms with Crippen molar-refractivity contribution in [3.63, 3.8) is 0 Å². The Labute approximate surface area is 178 Å². The Morgan fingerprint density at radius 2 is 2.03 bits per heavy atom. The molecule has 4 N–H and O–H groups in total. The highest BCUT2D eigenvalue weighted by atomic mass is 16.2. The van der Waals surface area contributed by atoms with Crippen LogP contribution < -0.4 is 16.0 Å². The van der Waals surface area contributed by atoms with Crippen LogP contribution in [0.1, 0.15) is 53.0 Å². The van der Waals surface area contributed by atoms with E-state index in [1.54, 1.807) is 4.90 Å². The summed E-state index contributed by atoms with van der Waals surface area (Å²) < 4.78 is 0. The van der Waals surface area contributed by atoms with Gasteiger partial charge < -0.3 is 15.5 Å². The molecule has 0 spiro atoms. The number of imide groups is 1. The van der Waals surface area contributed by atoms with Gasteiger partial charge in [-0.15, -0.1) is 10.2 Å². The number of piperidine rings is 2. The van der Waals surface area contributed by atoms with E-state index in [1.807, 2.05) is 18.2 Å². The molecule has 31 heavy (non-hydrogen) atoms. The average Bonchev–Trinajstić information content (AvgIpc) is 3.43. The van der Waals surface area contributed by atoms with Gasteiger partial charge in [0, 0.05) is 25.1 Å². The number of tetrazole rings is 1. The second kappa shape index (κ2) is 7.82. The fraction of sp³-hybridized carbons (Fsp3) is 0.500. The molecular weight excluding hydrogens is 400 g/mol. The van der Waals surface area contributed by atoms with Crippen molar-refractivity contribution in [2.24, 2.45) is 0 Å². The Morgan fingerprint density at radius 3 is 2.77 bits per heavy atom. The zero-order valence-electron chi connectivity index (χ0n) is 17.0. The van der Waals surface area contributed by atoms with E-state index < -0.39 is 17.5 Å². The van der Waals surface area contributed by atoms with Crippen LogP contribution in [0.5, 0.6) is 0 Å². The maximum Gasteiger partial charge on any atom is 0.255 e. The quantitative estimate of drug-likeness (QED) is 0.463. The number of nitrogens with one attached hydrogen (secondary N) is 4. The van der Waals surface area contributed by atoms with E-state index in [4.69, 9.17) is 0 Å². The van der Waals surface area contributed by atoms with Crippen molar-refractivity contribution in [2.45, 2.75) is 50.4 Å². The summed E-state index contributed by atoms with van der Waals surface area (Å²) in [5.41, 5.74) is 1.98. The lowest BCUT2D eigenvalue weighted by Crippen LogP contribution is -2.52. The summed E-state index contributed by atoms with van der Waals surface area (Å²) in [6.45, 7) is 2.49. The van der Waals surface area contributed by atoms with Gasteiger partial charge in [-0.05, 0) is 43.5 Å². The maximum atomic E-state index is 13.3. The monoisotopic (exact) mass is 424 g/mol. The topological polar surface area (TPSA) is 145 Å². The fourth-order valence-corrected chi connectivity index (χ4v) is 4.80. The number of fused-ring (bicyclic) bond motifs is 1. The average molecular weight is 424 g/mol. The molecule has 2 saturated heterocycles. The standard InChI is InChI=1S/C20H24N8O3/c29-15-5-4-14(17(30)23-15)28-11-13-3-1-2-12(16(13)18(28)31)10-22-20(6-8-21-9-7-20)19-24-26-27-25-19/h1-3,14,21-22H,4-11H2,(H,23,29,30)(H,24,25,26,27). The number of aromatic nitrogens is 4. The highest BCUT2D eigenvalue weighted by molar-refractivity contribution is 6.05. The highest BCUT2D eigenvalue weighted by Gasteiger charge is 2.41. The molecule has 0 radical (unpaired) electrons. The molecular formula is C20H24N8O3. The summed E-state index contributed by atoms with van der Waals surface area (Å²) in [6.07, 6.45) is 2.20.